The van der Waals surface area contributed by atoms with Gasteiger partial charge in [-0.3, -0.25) is 19.6 Å². The Bertz CT molecular complexity index is 1190. The molecule has 0 unspecified atom stereocenters. The number of carbonyl (C=O) groups excluding carboxylic acids is 2. The summed E-state index contributed by atoms with van der Waals surface area (Å²) in [5, 5.41) is 5.76. The summed E-state index contributed by atoms with van der Waals surface area (Å²) in [5.41, 5.74) is 3.99. The predicted molar refractivity (Wildman–Crippen MR) is 162 cm³/mol. The maximum Gasteiger partial charge on any atom is 0.255 e. The minimum absolute atomic E-state index is 0. The number of carbonyl (C=O) groups is 2. The summed E-state index contributed by atoms with van der Waals surface area (Å²) in [5.74, 6) is 1.10. The van der Waals surface area contributed by atoms with Crippen LogP contribution in [0.5, 0.6) is 0 Å². The molecule has 0 heterocycles. The average Bonchev–Trinajstić information content (AvgIpc) is 2.86. The van der Waals surface area contributed by atoms with Gasteiger partial charge in [0.25, 0.3) is 11.8 Å². The van der Waals surface area contributed by atoms with Gasteiger partial charge in [0.15, 0.2) is 0 Å². The fourth-order valence-corrected chi connectivity index (χ4v) is 3.79. The third-order valence-electron chi connectivity index (χ3n) is 5.46. The van der Waals surface area contributed by atoms with E-state index in [9.17, 15) is 9.59 Å². The minimum atomic E-state index is -0.297. The highest BCUT2D eigenvalue weighted by molar-refractivity contribution is 6.09. The molecule has 3 aromatic rings. The number of amides is 2. The van der Waals surface area contributed by atoms with Gasteiger partial charge in [-0.1, -0.05) is 6.07 Å². The van der Waals surface area contributed by atoms with Crippen LogP contribution in [0.2, 0.25) is 0 Å². The number of aliphatic imine (C=N–C) groups is 2. The van der Waals surface area contributed by atoms with Gasteiger partial charge in [0.2, 0.25) is 0 Å². The lowest BCUT2D eigenvalue weighted by atomic mass is 10.1. The number of halogens is 2. The summed E-state index contributed by atoms with van der Waals surface area (Å²) in [4.78, 5) is 38.1. The fraction of sp³-hybridized carbons (Fsp3) is 0.214. The fourth-order valence-electron chi connectivity index (χ4n) is 3.79. The Morgan fingerprint density at radius 1 is 0.579 bits per heavy atom. The van der Waals surface area contributed by atoms with E-state index < -0.39 is 0 Å². The lowest BCUT2D eigenvalue weighted by Crippen LogP contribution is -2.23. The first-order valence-corrected chi connectivity index (χ1v) is 11.5. The highest BCUT2D eigenvalue weighted by atomic mass is 35.5. The maximum atomic E-state index is 12.8. The second-order valence-electron chi connectivity index (χ2n) is 8.53. The smallest absolute Gasteiger partial charge is 0.255 e. The first-order valence-electron chi connectivity index (χ1n) is 11.5. The molecule has 0 fully saturated rings. The summed E-state index contributed by atoms with van der Waals surface area (Å²) in [6, 6.07) is 21.5. The van der Waals surface area contributed by atoms with Gasteiger partial charge in [-0.05, 0) is 66.7 Å². The number of rotatable bonds is 6. The third-order valence-corrected chi connectivity index (χ3v) is 5.46. The van der Waals surface area contributed by atoms with Crippen LogP contribution in [0.1, 0.15) is 31.8 Å². The van der Waals surface area contributed by atoms with Gasteiger partial charge in [0, 0.05) is 75.9 Å². The monoisotopic (exact) mass is 556 g/mol. The van der Waals surface area contributed by atoms with E-state index in [0.717, 1.165) is 22.8 Å². The molecular formula is C28H34Cl2N6O2. The molecule has 8 nitrogen and oxygen atoms in total. The third kappa shape index (κ3) is 8.06. The molecule has 3 rings (SSSR count). The number of benzene rings is 3. The van der Waals surface area contributed by atoms with Crippen molar-refractivity contribution in [3.63, 3.8) is 0 Å². The van der Waals surface area contributed by atoms with Gasteiger partial charge in [-0.2, -0.15) is 0 Å². The van der Waals surface area contributed by atoms with Crippen LogP contribution in [0.25, 0.3) is 0 Å². The zero-order valence-electron chi connectivity index (χ0n) is 22.4. The van der Waals surface area contributed by atoms with E-state index in [-0.39, 0.29) is 36.6 Å². The van der Waals surface area contributed by atoms with Crippen molar-refractivity contribution >= 4 is 59.7 Å². The van der Waals surface area contributed by atoms with Crippen LogP contribution >= 0.6 is 24.8 Å². The van der Waals surface area contributed by atoms with Crippen LogP contribution in [0.3, 0.4) is 0 Å². The van der Waals surface area contributed by atoms with Crippen LogP contribution in [0.4, 0.5) is 11.4 Å². The standard InChI is InChI=1S/C28H32N6O2.2ClH/c1-29-25(33(3)4)19-10-14-23(15-11-19)31-27(35)21-8-7-9-22(18-21)28(36)32-24-16-12-20(13-17-24)26(30-2)34(5)6;;/h7-18H,1-6H3,(H,31,35)(H,32,36);2*1H. The Hall–Kier alpha value is -3.88. The SMILES string of the molecule is CN=C(c1ccc(NC(=O)c2cccc(C(=O)Nc3ccc(C(=NC)N(C)C)cc3)c2)cc1)N(C)C.Cl.Cl. The van der Waals surface area contributed by atoms with E-state index in [1.807, 2.05) is 86.5 Å². The van der Waals surface area contributed by atoms with E-state index >= 15 is 0 Å². The van der Waals surface area contributed by atoms with Gasteiger partial charge < -0.3 is 20.4 Å². The second kappa shape index (κ2) is 14.8. The lowest BCUT2D eigenvalue weighted by Gasteiger charge is -2.16. The summed E-state index contributed by atoms with van der Waals surface area (Å²) in [6.07, 6.45) is 0. The number of nitrogens with one attached hydrogen (secondary N) is 2. The summed E-state index contributed by atoms with van der Waals surface area (Å²) in [6.45, 7) is 0. The van der Waals surface area contributed by atoms with E-state index in [0.29, 0.717) is 22.5 Å². The van der Waals surface area contributed by atoms with Crippen LogP contribution in [-0.4, -0.2) is 75.6 Å². The molecule has 0 saturated heterocycles. The first-order chi connectivity index (χ1) is 17.2. The molecule has 0 saturated carbocycles. The van der Waals surface area contributed by atoms with Crippen molar-refractivity contribution < 1.29 is 9.59 Å². The van der Waals surface area contributed by atoms with Crippen LogP contribution in [0.15, 0.2) is 82.8 Å². The molecule has 202 valence electrons. The van der Waals surface area contributed by atoms with Crippen molar-refractivity contribution in [2.45, 2.75) is 0 Å². The highest BCUT2D eigenvalue weighted by Gasteiger charge is 2.13. The van der Waals surface area contributed by atoms with E-state index in [2.05, 4.69) is 20.6 Å². The molecule has 3 aromatic carbocycles. The van der Waals surface area contributed by atoms with Crippen molar-refractivity contribution in [3.8, 4) is 0 Å². The molecule has 0 aromatic heterocycles. The van der Waals surface area contributed by atoms with Crippen molar-refractivity contribution in [1.82, 2.24) is 9.80 Å². The van der Waals surface area contributed by atoms with E-state index in [1.54, 1.807) is 38.4 Å². The number of nitrogens with zero attached hydrogens (tertiary/aromatic N) is 4. The Kier molecular flexibility index (Phi) is 12.5. The van der Waals surface area contributed by atoms with Crippen molar-refractivity contribution in [2.24, 2.45) is 9.98 Å². The van der Waals surface area contributed by atoms with Crippen molar-refractivity contribution in [2.75, 3.05) is 52.9 Å². The normalized spacial score (nSPS) is 11.0. The van der Waals surface area contributed by atoms with Gasteiger partial charge >= 0.3 is 0 Å². The quantitative estimate of drug-likeness (QED) is 0.333. The van der Waals surface area contributed by atoms with E-state index in [1.165, 1.54) is 0 Å². The molecule has 2 N–H and O–H groups in total. The maximum absolute atomic E-state index is 12.8. The summed E-state index contributed by atoms with van der Waals surface area (Å²) < 4.78 is 0. The molecule has 0 aliphatic carbocycles. The molecular weight excluding hydrogens is 523 g/mol. The largest absolute Gasteiger partial charge is 0.363 e. The zero-order chi connectivity index (χ0) is 26.2. The number of hydrogen-bond donors (Lipinski definition) is 2. The Balaban J connectivity index is 0.00000361. The Labute approximate surface area is 236 Å². The molecule has 0 radical (unpaired) electrons. The number of hydrogen-bond acceptors (Lipinski definition) is 4. The minimum Gasteiger partial charge on any atom is -0.363 e. The van der Waals surface area contributed by atoms with E-state index in [4.69, 9.17) is 0 Å². The lowest BCUT2D eigenvalue weighted by molar-refractivity contribution is 0.102. The molecule has 0 bridgehead atoms. The van der Waals surface area contributed by atoms with Gasteiger partial charge in [0.05, 0.1) is 0 Å². The Morgan fingerprint density at radius 2 is 0.921 bits per heavy atom. The van der Waals surface area contributed by atoms with Crippen LogP contribution in [0, 0.1) is 0 Å². The van der Waals surface area contributed by atoms with Gasteiger partial charge in [-0.15, -0.1) is 24.8 Å². The number of amidine groups is 2. The molecule has 2 amide bonds. The molecule has 0 atom stereocenters. The van der Waals surface area contributed by atoms with Crippen molar-refractivity contribution in [1.29, 1.82) is 0 Å². The molecule has 0 spiro atoms. The first kappa shape index (κ1) is 32.1. The van der Waals surface area contributed by atoms with Crippen LogP contribution < -0.4 is 10.6 Å². The number of anilines is 2. The van der Waals surface area contributed by atoms with Gasteiger partial charge in [-0.25, -0.2) is 0 Å². The Morgan fingerprint density at radius 3 is 1.21 bits per heavy atom. The zero-order valence-corrected chi connectivity index (χ0v) is 24.0. The molecule has 10 heteroatoms. The second-order valence-corrected chi connectivity index (χ2v) is 8.53. The van der Waals surface area contributed by atoms with Crippen LogP contribution in [-0.2, 0) is 0 Å². The molecule has 0 aliphatic rings. The highest BCUT2D eigenvalue weighted by Crippen LogP contribution is 2.16. The summed E-state index contributed by atoms with van der Waals surface area (Å²) >= 11 is 0. The summed E-state index contributed by atoms with van der Waals surface area (Å²) in [7, 11) is 11.2. The predicted octanol–water partition coefficient (Wildman–Crippen LogP) is 4.91. The van der Waals surface area contributed by atoms with Gasteiger partial charge in [0.1, 0.15) is 11.7 Å². The molecule has 38 heavy (non-hydrogen) atoms. The van der Waals surface area contributed by atoms with Crippen molar-refractivity contribution in [3.05, 3.63) is 95.1 Å². The molecule has 0 aliphatic heterocycles. The topological polar surface area (TPSA) is 89.4 Å². The average molecular weight is 558 g/mol.